The predicted octanol–water partition coefficient (Wildman–Crippen LogP) is 0.616. The highest BCUT2D eigenvalue weighted by Crippen LogP contribution is 2.00. The largest absolute Gasteiger partial charge is 0.447 e. The van der Waals surface area contributed by atoms with E-state index in [1.54, 1.807) is 21.0 Å². The van der Waals surface area contributed by atoms with Crippen molar-refractivity contribution >= 4 is 11.9 Å². The van der Waals surface area contributed by atoms with Crippen LogP contribution in [-0.4, -0.2) is 54.9 Å². The van der Waals surface area contributed by atoms with Crippen molar-refractivity contribution < 1.29 is 19.5 Å². The second-order valence-electron chi connectivity index (χ2n) is 3.75. The molecule has 0 aliphatic carbocycles. The SMILES string of the molecule is COCCN(CCC(N)=NO)C(=O)OC(C)C. The Morgan fingerprint density at radius 2 is 2.12 bits per heavy atom. The minimum atomic E-state index is -0.428. The molecule has 0 bridgehead atoms. The van der Waals surface area contributed by atoms with E-state index in [-0.39, 0.29) is 18.4 Å². The molecule has 0 saturated carbocycles. The van der Waals surface area contributed by atoms with Gasteiger partial charge in [-0.15, -0.1) is 0 Å². The summed E-state index contributed by atoms with van der Waals surface area (Å²) in [7, 11) is 1.55. The number of carbonyl (C=O) groups excluding carboxylic acids is 1. The van der Waals surface area contributed by atoms with E-state index in [4.69, 9.17) is 20.4 Å². The molecule has 0 fully saturated rings. The first-order valence-corrected chi connectivity index (χ1v) is 5.42. The second kappa shape index (κ2) is 8.63. The summed E-state index contributed by atoms with van der Waals surface area (Å²) in [5.41, 5.74) is 5.34. The van der Waals surface area contributed by atoms with Crippen molar-refractivity contribution in [2.24, 2.45) is 10.9 Å². The van der Waals surface area contributed by atoms with Crippen LogP contribution in [-0.2, 0) is 9.47 Å². The van der Waals surface area contributed by atoms with Gasteiger partial charge in [0.15, 0.2) is 0 Å². The quantitative estimate of drug-likeness (QED) is 0.297. The number of rotatable bonds is 7. The molecule has 100 valence electrons. The van der Waals surface area contributed by atoms with E-state index < -0.39 is 6.09 Å². The lowest BCUT2D eigenvalue weighted by atomic mass is 10.3. The molecule has 7 heteroatoms. The third kappa shape index (κ3) is 7.40. The fourth-order valence-corrected chi connectivity index (χ4v) is 1.07. The number of hydrogen-bond donors (Lipinski definition) is 2. The van der Waals surface area contributed by atoms with Crippen LogP contribution in [0, 0.1) is 0 Å². The molecule has 0 aromatic carbocycles. The monoisotopic (exact) mass is 247 g/mol. The molecule has 0 spiro atoms. The van der Waals surface area contributed by atoms with Gasteiger partial charge in [-0.05, 0) is 13.8 Å². The zero-order valence-electron chi connectivity index (χ0n) is 10.5. The van der Waals surface area contributed by atoms with Crippen LogP contribution in [0.15, 0.2) is 5.16 Å². The summed E-state index contributed by atoms with van der Waals surface area (Å²) in [6.07, 6.45) is -0.327. The minimum absolute atomic E-state index is 0.0739. The van der Waals surface area contributed by atoms with Gasteiger partial charge in [-0.3, -0.25) is 0 Å². The molecule has 7 nitrogen and oxygen atoms in total. The van der Waals surface area contributed by atoms with Crippen molar-refractivity contribution in [3.63, 3.8) is 0 Å². The summed E-state index contributed by atoms with van der Waals surface area (Å²) in [6.45, 7) is 4.68. The average molecular weight is 247 g/mol. The highest BCUT2D eigenvalue weighted by molar-refractivity contribution is 5.80. The summed E-state index contributed by atoms with van der Waals surface area (Å²) in [5.74, 6) is 0.0739. The molecule has 0 aromatic rings. The minimum Gasteiger partial charge on any atom is -0.447 e. The molecule has 0 radical (unpaired) electrons. The van der Waals surface area contributed by atoms with E-state index in [9.17, 15) is 4.79 Å². The Morgan fingerprint density at radius 3 is 2.59 bits per heavy atom. The van der Waals surface area contributed by atoms with Crippen LogP contribution in [0.5, 0.6) is 0 Å². The number of carbonyl (C=O) groups is 1. The summed E-state index contributed by atoms with van der Waals surface area (Å²) >= 11 is 0. The van der Waals surface area contributed by atoms with Crippen LogP contribution < -0.4 is 5.73 Å². The zero-order chi connectivity index (χ0) is 13.3. The van der Waals surface area contributed by atoms with E-state index in [1.165, 1.54) is 4.90 Å². The van der Waals surface area contributed by atoms with Gasteiger partial charge >= 0.3 is 6.09 Å². The molecule has 17 heavy (non-hydrogen) atoms. The van der Waals surface area contributed by atoms with Crippen LogP contribution >= 0.6 is 0 Å². The first kappa shape index (κ1) is 15.5. The fraction of sp³-hybridized carbons (Fsp3) is 0.800. The molecule has 0 heterocycles. The molecular weight excluding hydrogens is 226 g/mol. The Balaban J connectivity index is 4.26. The lowest BCUT2D eigenvalue weighted by molar-refractivity contribution is 0.0673. The number of amidine groups is 1. The summed E-state index contributed by atoms with van der Waals surface area (Å²) in [6, 6.07) is 0. The van der Waals surface area contributed by atoms with Gasteiger partial charge in [-0.25, -0.2) is 4.79 Å². The van der Waals surface area contributed by atoms with Gasteiger partial charge < -0.3 is 25.3 Å². The zero-order valence-corrected chi connectivity index (χ0v) is 10.5. The maximum atomic E-state index is 11.7. The normalized spacial score (nSPS) is 11.6. The van der Waals surface area contributed by atoms with Crippen molar-refractivity contribution in [3.05, 3.63) is 0 Å². The van der Waals surface area contributed by atoms with Gasteiger partial charge in [-0.2, -0.15) is 0 Å². The smallest absolute Gasteiger partial charge is 0.410 e. The van der Waals surface area contributed by atoms with Crippen LogP contribution in [0.3, 0.4) is 0 Å². The standard InChI is InChI=1S/C10H21N3O4/c1-8(2)17-10(14)13(6-7-16-3)5-4-9(11)12-15/h8,15H,4-7H2,1-3H3,(H2,11,12). The van der Waals surface area contributed by atoms with Crippen molar-refractivity contribution in [1.29, 1.82) is 0 Å². The number of amides is 1. The molecule has 0 atom stereocenters. The van der Waals surface area contributed by atoms with E-state index in [0.717, 1.165) is 0 Å². The van der Waals surface area contributed by atoms with Crippen molar-refractivity contribution in [2.75, 3.05) is 26.8 Å². The first-order valence-electron chi connectivity index (χ1n) is 5.42. The Labute approximate surface area is 101 Å². The summed E-state index contributed by atoms with van der Waals surface area (Å²) in [5, 5.41) is 11.3. The van der Waals surface area contributed by atoms with Crippen molar-refractivity contribution in [3.8, 4) is 0 Å². The van der Waals surface area contributed by atoms with Gasteiger partial charge in [0.2, 0.25) is 0 Å². The summed E-state index contributed by atoms with van der Waals surface area (Å²) in [4.78, 5) is 13.1. The van der Waals surface area contributed by atoms with Crippen LogP contribution in [0.25, 0.3) is 0 Å². The lowest BCUT2D eigenvalue weighted by Gasteiger charge is -2.22. The number of hydrogen-bond acceptors (Lipinski definition) is 5. The number of ether oxygens (including phenoxy) is 2. The molecule has 1 amide bonds. The molecule has 0 unspecified atom stereocenters. The van der Waals surface area contributed by atoms with Crippen molar-refractivity contribution in [1.82, 2.24) is 4.90 Å². The molecular formula is C10H21N3O4. The van der Waals surface area contributed by atoms with E-state index in [1.807, 2.05) is 0 Å². The molecule has 0 rings (SSSR count). The van der Waals surface area contributed by atoms with Gasteiger partial charge in [0.1, 0.15) is 5.84 Å². The van der Waals surface area contributed by atoms with Gasteiger partial charge in [0.25, 0.3) is 0 Å². The van der Waals surface area contributed by atoms with Crippen molar-refractivity contribution in [2.45, 2.75) is 26.4 Å². The molecule has 0 aromatic heterocycles. The average Bonchev–Trinajstić information content (AvgIpc) is 2.27. The van der Waals surface area contributed by atoms with Crippen LogP contribution in [0.1, 0.15) is 20.3 Å². The molecule has 0 aliphatic heterocycles. The van der Waals surface area contributed by atoms with Gasteiger partial charge in [-0.1, -0.05) is 5.16 Å². The predicted molar refractivity (Wildman–Crippen MR) is 63.1 cm³/mol. The number of nitrogens with two attached hydrogens (primary N) is 1. The topological polar surface area (TPSA) is 97.4 Å². The maximum absolute atomic E-state index is 11.7. The maximum Gasteiger partial charge on any atom is 0.410 e. The number of nitrogens with zero attached hydrogens (tertiary/aromatic N) is 2. The Kier molecular flexibility index (Phi) is 7.87. The number of oxime groups is 1. The lowest BCUT2D eigenvalue weighted by Crippen LogP contribution is -2.37. The van der Waals surface area contributed by atoms with E-state index >= 15 is 0 Å². The number of methoxy groups -OCH3 is 1. The Morgan fingerprint density at radius 1 is 1.47 bits per heavy atom. The van der Waals surface area contributed by atoms with Gasteiger partial charge in [0, 0.05) is 26.6 Å². The fourth-order valence-electron chi connectivity index (χ4n) is 1.07. The second-order valence-corrected chi connectivity index (χ2v) is 3.75. The van der Waals surface area contributed by atoms with E-state index in [0.29, 0.717) is 19.7 Å². The molecule has 0 aliphatic rings. The highest BCUT2D eigenvalue weighted by atomic mass is 16.6. The Hall–Kier alpha value is -1.50. The third-order valence-corrected chi connectivity index (χ3v) is 1.93. The first-order chi connectivity index (χ1) is 8.01. The highest BCUT2D eigenvalue weighted by Gasteiger charge is 2.16. The van der Waals surface area contributed by atoms with E-state index in [2.05, 4.69) is 5.16 Å². The van der Waals surface area contributed by atoms with Crippen LogP contribution in [0.2, 0.25) is 0 Å². The molecule has 3 N–H and O–H groups in total. The summed E-state index contributed by atoms with van der Waals surface area (Å²) < 4.78 is 9.96. The Bertz CT molecular complexity index is 256. The third-order valence-electron chi connectivity index (χ3n) is 1.93. The van der Waals surface area contributed by atoms with Gasteiger partial charge in [0.05, 0.1) is 12.7 Å². The van der Waals surface area contributed by atoms with Crippen LogP contribution in [0.4, 0.5) is 4.79 Å². The molecule has 0 saturated heterocycles.